The standard InChI is InChI=1S/C15H14N2O2/c1-2-19-15(18)13-12-10-6-4-3-5-9(10)7-8-11(12)17-14(13)16/h3-8,17H,2,16H2,1H3. The predicted octanol–water partition coefficient (Wildman–Crippen LogP) is 3.08. The molecule has 0 amide bonds. The molecule has 3 N–H and O–H groups in total. The van der Waals surface area contributed by atoms with Crippen molar-refractivity contribution < 1.29 is 9.53 Å². The normalized spacial score (nSPS) is 11.0. The van der Waals surface area contributed by atoms with E-state index in [1.165, 1.54) is 0 Å². The number of nitrogen functional groups attached to an aromatic ring is 1. The molecule has 0 spiro atoms. The minimum atomic E-state index is -0.386. The van der Waals surface area contributed by atoms with Gasteiger partial charge < -0.3 is 15.5 Å². The minimum absolute atomic E-state index is 0.329. The number of fused-ring (bicyclic) bond motifs is 3. The second-order valence-corrected chi connectivity index (χ2v) is 4.34. The van der Waals surface area contributed by atoms with Crippen molar-refractivity contribution in [3.05, 3.63) is 42.0 Å². The first-order valence-corrected chi connectivity index (χ1v) is 6.18. The average Bonchev–Trinajstić information content (AvgIpc) is 2.75. The molecule has 0 fully saturated rings. The molecule has 96 valence electrons. The van der Waals surface area contributed by atoms with Crippen LogP contribution in [0.1, 0.15) is 17.3 Å². The van der Waals surface area contributed by atoms with Crippen molar-refractivity contribution in [2.75, 3.05) is 12.3 Å². The van der Waals surface area contributed by atoms with E-state index in [0.717, 1.165) is 21.7 Å². The molecular weight excluding hydrogens is 240 g/mol. The zero-order chi connectivity index (χ0) is 13.4. The summed E-state index contributed by atoms with van der Waals surface area (Å²) in [5, 5.41) is 2.89. The number of benzene rings is 2. The highest BCUT2D eigenvalue weighted by molar-refractivity contribution is 6.19. The summed E-state index contributed by atoms with van der Waals surface area (Å²) in [5.41, 5.74) is 7.19. The number of carbonyl (C=O) groups excluding carboxylic acids is 1. The summed E-state index contributed by atoms with van der Waals surface area (Å²) >= 11 is 0. The van der Waals surface area contributed by atoms with Crippen molar-refractivity contribution in [3.8, 4) is 0 Å². The van der Waals surface area contributed by atoms with Crippen LogP contribution in [0.3, 0.4) is 0 Å². The summed E-state index contributed by atoms with van der Waals surface area (Å²) in [7, 11) is 0. The van der Waals surface area contributed by atoms with Crippen LogP contribution in [-0.2, 0) is 4.74 Å². The molecule has 0 bridgehead atoms. The van der Waals surface area contributed by atoms with Crippen molar-refractivity contribution >= 4 is 33.5 Å². The van der Waals surface area contributed by atoms with Crippen molar-refractivity contribution in [2.24, 2.45) is 0 Å². The van der Waals surface area contributed by atoms with Crippen LogP contribution in [0.25, 0.3) is 21.7 Å². The Labute approximate surface area is 110 Å². The van der Waals surface area contributed by atoms with Crippen LogP contribution >= 0.6 is 0 Å². The van der Waals surface area contributed by atoms with Crippen LogP contribution in [0.2, 0.25) is 0 Å². The number of hydrogen-bond donors (Lipinski definition) is 2. The van der Waals surface area contributed by atoms with Gasteiger partial charge in [-0.3, -0.25) is 0 Å². The number of nitrogens with two attached hydrogens (primary N) is 1. The molecular formula is C15H14N2O2. The Bertz CT molecular complexity index is 774. The topological polar surface area (TPSA) is 68.1 Å². The van der Waals surface area contributed by atoms with E-state index in [-0.39, 0.29) is 5.97 Å². The second kappa shape index (κ2) is 4.31. The summed E-state index contributed by atoms with van der Waals surface area (Å²) in [6.45, 7) is 2.11. The number of aromatic nitrogens is 1. The molecule has 3 rings (SSSR count). The molecule has 0 unspecified atom stereocenters. The number of ether oxygens (including phenoxy) is 1. The third-order valence-electron chi connectivity index (χ3n) is 3.20. The summed E-state index contributed by atoms with van der Waals surface area (Å²) in [5.74, 6) is -0.0348. The van der Waals surface area contributed by atoms with Gasteiger partial charge in [-0.05, 0) is 23.8 Å². The number of nitrogens with one attached hydrogen (secondary N) is 1. The smallest absolute Gasteiger partial charge is 0.342 e. The summed E-state index contributed by atoms with van der Waals surface area (Å²) in [6, 6.07) is 11.8. The molecule has 0 saturated carbocycles. The molecule has 0 radical (unpaired) electrons. The number of esters is 1. The zero-order valence-electron chi connectivity index (χ0n) is 10.6. The third kappa shape index (κ3) is 1.73. The largest absolute Gasteiger partial charge is 0.462 e. The number of aromatic amines is 1. The van der Waals surface area contributed by atoms with Crippen LogP contribution < -0.4 is 5.73 Å². The van der Waals surface area contributed by atoms with Gasteiger partial charge in [0.2, 0.25) is 0 Å². The number of H-pyrrole nitrogens is 1. The SMILES string of the molecule is CCOC(=O)c1c(N)[nH]c2ccc3ccccc3c12. The molecule has 0 aliphatic rings. The van der Waals surface area contributed by atoms with Crippen molar-refractivity contribution in [1.29, 1.82) is 0 Å². The first-order valence-electron chi connectivity index (χ1n) is 6.18. The van der Waals surface area contributed by atoms with Crippen molar-refractivity contribution in [1.82, 2.24) is 4.98 Å². The predicted molar refractivity (Wildman–Crippen MR) is 76.2 cm³/mol. The number of anilines is 1. The monoisotopic (exact) mass is 254 g/mol. The van der Waals surface area contributed by atoms with Gasteiger partial charge in [0.05, 0.1) is 6.61 Å². The van der Waals surface area contributed by atoms with Gasteiger partial charge in [0, 0.05) is 10.9 Å². The molecule has 0 atom stereocenters. The van der Waals surface area contributed by atoms with E-state index in [9.17, 15) is 4.79 Å². The van der Waals surface area contributed by atoms with Gasteiger partial charge in [-0.25, -0.2) is 4.79 Å². The first kappa shape index (κ1) is 11.6. The van der Waals surface area contributed by atoms with Gasteiger partial charge >= 0.3 is 5.97 Å². The van der Waals surface area contributed by atoms with E-state index in [2.05, 4.69) is 4.98 Å². The van der Waals surface area contributed by atoms with E-state index in [4.69, 9.17) is 10.5 Å². The van der Waals surface area contributed by atoms with Crippen LogP contribution in [-0.4, -0.2) is 17.6 Å². The summed E-state index contributed by atoms with van der Waals surface area (Å²) < 4.78 is 5.09. The lowest BCUT2D eigenvalue weighted by atomic mass is 10.0. The van der Waals surface area contributed by atoms with E-state index in [1.807, 2.05) is 36.4 Å². The lowest BCUT2D eigenvalue weighted by molar-refractivity contribution is 0.0530. The average molecular weight is 254 g/mol. The summed E-state index contributed by atoms with van der Waals surface area (Å²) in [6.07, 6.45) is 0. The Balaban J connectivity index is 2.40. The van der Waals surface area contributed by atoms with Crippen LogP contribution in [0.15, 0.2) is 36.4 Å². The van der Waals surface area contributed by atoms with E-state index >= 15 is 0 Å². The maximum absolute atomic E-state index is 12.1. The third-order valence-corrected chi connectivity index (χ3v) is 3.20. The van der Waals surface area contributed by atoms with Crippen molar-refractivity contribution in [2.45, 2.75) is 6.92 Å². The molecule has 3 aromatic rings. The fourth-order valence-corrected chi connectivity index (χ4v) is 2.40. The highest BCUT2D eigenvalue weighted by atomic mass is 16.5. The lowest BCUT2D eigenvalue weighted by Crippen LogP contribution is -2.06. The number of carbonyl (C=O) groups is 1. The first-order chi connectivity index (χ1) is 9.22. The second-order valence-electron chi connectivity index (χ2n) is 4.34. The van der Waals surface area contributed by atoms with E-state index in [1.54, 1.807) is 6.92 Å². The van der Waals surface area contributed by atoms with E-state index < -0.39 is 0 Å². The van der Waals surface area contributed by atoms with Crippen LogP contribution in [0.4, 0.5) is 5.82 Å². The maximum atomic E-state index is 12.1. The van der Waals surface area contributed by atoms with Gasteiger partial charge in [0.1, 0.15) is 11.4 Å². The zero-order valence-corrected chi connectivity index (χ0v) is 10.6. The molecule has 1 heterocycles. The van der Waals surface area contributed by atoms with Gasteiger partial charge in [0.25, 0.3) is 0 Å². The maximum Gasteiger partial charge on any atom is 0.342 e. The minimum Gasteiger partial charge on any atom is -0.462 e. The van der Waals surface area contributed by atoms with E-state index in [0.29, 0.717) is 18.0 Å². The Morgan fingerprint density at radius 3 is 2.84 bits per heavy atom. The Morgan fingerprint density at radius 1 is 1.26 bits per heavy atom. The molecule has 0 saturated heterocycles. The van der Waals surface area contributed by atoms with Crippen molar-refractivity contribution in [3.63, 3.8) is 0 Å². The molecule has 4 nitrogen and oxygen atoms in total. The van der Waals surface area contributed by atoms with Gasteiger partial charge in [-0.2, -0.15) is 0 Å². The van der Waals surface area contributed by atoms with Crippen LogP contribution in [0.5, 0.6) is 0 Å². The Kier molecular flexibility index (Phi) is 2.63. The van der Waals surface area contributed by atoms with Gasteiger partial charge in [-0.1, -0.05) is 30.3 Å². The Hall–Kier alpha value is -2.49. The van der Waals surface area contributed by atoms with Crippen LogP contribution in [0, 0.1) is 0 Å². The molecule has 0 aliphatic carbocycles. The molecule has 19 heavy (non-hydrogen) atoms. The fraction of sp³-hybridized carbons (Fsp3) is 0.133. The van der Waals surface area contributed by atoms with Gasteiger partial charge in [0.15, 0.2) is 0 Å². The highest BCUT2D eigenvalue weighted by Crippen LogP contribution is 2.31. The number of hydrogen-bond acceptors (Lipinski definition) is 3. The molecule has 4 heteroatoms. The molecule has 0 aliphatic heterocycles. The number of rotatable bonds is 2. The molecule has 1 aromatic heterocycles. The quantitative estimate of drug-likeness (QED) is 0.690. The van der Waals surface area contributed by atoms with Gasteiger partial charge in [-0.15, -0.1) is 0 Å². The Morgan fingerprint density at radius 2 is 2.05 bits per heavy atom. The highest BCUT2D eigenvalue weighted by Gasteiger charge is 2.19. The molecule has 2 aromatic carbocycles. The fourth-order valence-electron chi connectivity index (χ4n) is 2.40. The lowest BCUT2D eigenvalue weighted by Gasteiger charge is -2.04. The summed E-state index contributed by atoms with van der Waals surface area (Å²) in [4.78, 5) is 15.1.